The van der Waals surface area contributed by atoms with Crippen LogP contribution >= 0.6 is 0 Å². The Bertz CT molecular complexity index is 1020. The van der Waals surface area contributed by atoms with E-state index >= 15 is 0 Å². The molecule has 0 bridgehead atoms. The topological polar surface area (TPSA) is 120 Å². The number of carbonyl (C=O) groups excluding carboxylic acids is 2. The molecule has 0 atom stereocenters. The van der Waals surface area contributed by atoms with Gasteiger partial charge in [-0.2, -0.15) is 0 Å². The first-order chi connectivity index (χ1) is 13.3. The lowest BCUT2D eigenvalue weighted by Gasteiger charge is -2.20. The predicted octanol–water partition coefficient (Wildman–Crippen LogP) is 3.32. The van der Waals surface area contributed by atoms with E-state index in [0.717, 1.165) is 0 Å². The molecule has 0 aliphatic rings. The predicted molar refractivity (Wildman–Crippen MR) is 102 cm³/mol. The van der Waals surface area contributed by atoms with Gasteiger partial charge in [-0.25, -0.2) is 19.1 Å². The lowest BCUT2D eigenvalue weighted by atomic mass is 10.1. The third-order valence-corrected chi connectivity index (χ3v) is 3.50. The summed E-state index contributed by atoms with van der Waals surface area (Å²) in [5.41, 5.74) is 1.50. The van der Waals surface area contributed by atoms with Crippen LogP contribution < -0.4 is 10.6 Å². The van der Waals surface area contributed by atoms with Crippen molar-refractivity contribution in [1.29, 1.82) is 0 Å². The van der Waals surface area contributed by atoms with Crippen LogP contribution in [0.2, 0.25) is 0 Å². The summed E-state index contributed by atoms with van der Waals surface area (Å²) in [6.45, 7) is 5.32. The van der Waals surface area contributed by atoms with E-state index in [9.17, 15) is 9.59 Å². The van der Waals surface area contributed by atoms with Crippen molar-refractivity contribution >= 4 is 29.3 Å². The minimum absolute atomic E-state index is 0.0468. The number of rotatable bonds is 3. The van der Waals surface area contributed by atoms with Crippen LogP contribution in [0.15, 0.2) is 36.8 Å². The van der Waals surface area contributed by atoms with Crippen molar-refractivity contribution < 1.29 is 19.1 Å². The van der Waals surface area contributed by atoms with Crippen LogP contribution in [0.3, 0.4) is 0 Å². The van der Waals surface area contributed by atoms with Gasteiger partial charge in [0.15, 0.2) is 0 Å². The van der Waals surface area contributed by atoms with Gasteiger partial charge in [0.05, 0.1) is 24.5 Å². The Morgan fingerprint density at radius 1 is 1.14 bits per heavy atom. The number of amides is 2. The number of hydrogen-bond donors (Lipinski definition) is 2. The summed E-state index contributed by atoms with van der Waals surface area (Å²) < 4.78 is 11.5. The highest BCUT2D eigenvalue weighted by Crippen LogP contribution is 2.30. The number of carbonyl (C=O) groups is 2. The van der Waals surface area contributed by atoms with Crippen molar-refractivity contribution in [1.82, 2.24) is 19.6 Å². The van der Waals surface area contributed by atoms with E-state index in [-0.39, 0.29) is 5.95 Å². The molecule has 0 spiro atoms. The molecule has 0 aromatic carbocycles. The number of aromatic nitrogens is 4. The van der Waals surface area contributed by atoms with E-state index < -0.39 is 17.8 Å². The number of ether oxygens (including phenoxy) is 2. The van der Waals surface area contributed by atoms with Gasteiger partial charge in [0, 0.05) is 18.0 Å². The Kier molecular flexibility index (Phi) is 5.12. The van der Waals surface area contributed by atoms with E-state index in [0.29, 0.717) is 22.5 Å². The molecule has 3 aromatic rings. The van der Waals surface area contributed by atoms with Gasteiger partial charge >= 0.3 is 12.2 Å². The molecule has 10 nitrogen and oxygen atoms in total. The molecule has 146 valence electrons. The van der Waals surface area contributed by atoms with E-state index in [1.807, 2.05) is 6.07 Å². The summed E-state index contributed by atoms with van der Waals surface area (Å²) in [6, 6.07) is 5.30. The van der Waals surface area contributed by atoms with E-state index in [1.165, 1.54) is 13.3 Å². The first-order valence-corrected chi connectivity index (χ1v) is 8.41. The Morgan fingerprint density at radius 2 is 1.93 bits per heavy atom. The molecule has 3 heterocycles. The summed E-state index contributed by atoms with van der Waals surface area (Å²) in [5, 5.41) is 9.35. The van der Waals surface area contributed by atoms with E-state index in [1.54, 1.807) is 49.8 Å². The fraction of sp³-hybridized carbons (Fsp3) is 0.278. The highest BCUT2D eigenvalue weighted by Gasteiger charge is 2.20. The molecule has 2 N–H and O–H groups in total. The maximum absolute atomic E-state index is 12.2. The fourth-order valence-corrected chi connectivity index (χ4v) is 2.44. The summed E-state index contributed by atoms with van der Waals surface area (Å²) in [4.78, 5) is 32.2. The normalized spacial score (nSPS) is 11.1. The van der Waals surface area contributed by atoms with E-state index in [4.69, 9.17) is 4.74 Å². The van der Waals surface area contributed by atoms with Crippen molar-refractivity contribution in [3.05, 3.63) is 36.8 Å². The third kappa shape index (κ3) is 4.34. The molecule has 28 heavy (non-hydrogen) atoms. The number of fused-ring (bicyclic) bond motifs is 1. The number of anilines is 2. The zero-order valence-electron chi connectivity index (χ0n) is 15.9. The van der Waals surface area contributed by atoms with E-state index in [2.05, 4.69) is 30.4 Å². The van der Waals surface area contributed by atoms with Crippen LogP contribution in [-0.4, -0.2) is 44.5 Å². The SMILES string of the molecule is COC(=O)Nc1nc(-c2ccncc2NC(=O)OC(C)(C)C)c2cccn2n1. The Hall–Kier alpha value is -3.69. The quantitative estimate of drug-likeness (QED) is 0.711. The number of methoxy groups -OCH3 is 1. The molecule has 0 saturated heterocycles. The van der Waals surface area contributed by atoms with Gasteiger partial charge in [-0.3, -0.25) is 15.6 Å². The summed E-state index contributed by atoms with van der Waals surface area (Å²) >= 11 is 0. The van der Waals surface area contributed by atoms with Gasteiger partial charge in [0.1, 0.15) is 11.3 Å². The number of nitrogens with zero attached hydrogens (tertiary/aromatic N) is 4. The second-order valence-electron chi connectivity index (χ2n) is 6.79. The zero-order valence-corrected chi connectivity index (χ0v) is 15.9. The van der Waals surface area contributed by atoms with Crippen molar-refractivity contribution in [2.24, 2.45) is 0 Å². The largest absolute Gasteiger partial charge is 0.453 e. The maximum atomic E-state index is 12.2. The van der Waals surface area contributed by atoms with Crippen LogP contribution in [-0.2, 0) is 9.47 Å². The standard InChI is InChI=1S/C18H20N6O4/c1-18(2,3)28-17(26)20-12-10-19-8-7-11(12)14-13-6-5-9-24(13)23-15(21-14)22-16(25)27-4/h5-10H,1-4H3,(H,20,26)(H,22,23,25). The summed E-state index contributed by atoms with van der Waals surface area (Å²) in [6.07, 6.45) is 3.47. The summed E-state index contributed by atoms with van der Waals surface area (Å²) in [5.74, 6) is 0.0468. The van der Waals surface area contributed by atoms with Gasteiger partial charge in [-0.1, -0.05) is 0 Å². The molecule has 0 aliphatic carbocycles. The van der Waals surface area contributed by atoms with Crippen molar-refractivity contribution in [2.75, 3.05) is 17.7 Å². The second kappa shape index (κ2) is 7.51. The third-order valence-electron chi connectivity index (χ3n) is 3.50. The van der Waals surface area contributed by atoms with Gasteiger partial charge < -0.3 is 9.47 Å². The molecule has 10 heteroatoms. The Morgan fingerprint density at radius 3 is 2.64 bits per heavy atom. The smallest absolute Gasteiger partial charge is 0.413 e. The maximum Gasteiger partial charge on any atom is 0.413 e. The second-order valence-corrected chi connectivity index (χ2v) is 6.79. The average Bonchev–Trinajstić information content (AvgIpc) is 3.08. The monoisotopic (exact) mass is 384 g/mol. The highest BCUT2D eigenvalue weighted by atomic mass is 16.6. The molecule has 0 unspecified atom stereocenters. The molecule has 0 radical (unpaired) electrons. The van der Waals surface area contributed by atoms with Crippen LogP contribution in [0.4, 0.5) is 21.2 Å². The number of pyridine rings is 1. The minimum Gasteiger partial charge on any atom is -0.453 e. The number of hydrogen-bond acceptors (Lipinski definition) is 7. The van der Waals surface area contributed by atoms with Crippen LogP contribution in [0.1, 0.15) is 20.8 Å². The lowest BCUT2D eigenvalue weighted by Crippen LogP contribution is -2.27. The van der Waals surface area contributed by atoms with Gasteiger partial charge in [-0.05, 0) is 39.0 Å². The summed E-state index contributed by atoms with van der Waals surface area (Å²) in [7, 11) is 1.25. The van der Waals surface area contributed by atoms with Gasteiger partial charge in [-0.15, -0.1) is 5.10 Å². The fourth-order valence-electron chi connectivity index (χ4n) is 2.44. The van der Waals surface area contributed by atoms with Gasteiger partial charge in [0.2, 0.25) is 0 Å². The van der Waals surface area contributed by atoms with Crippen LogP contribution in [0.25, 0.3) is 16.8 Å². The van der Waals surface area contributed by atoms with Crippen LogP contribution in [0, 0.1) is 0 Å². The molecule has 0 fully saturated rings. The Labute approximate surface area is 160 Å². The number of nitrogens with one attached hydrogen (secondary N) is 2. The van der Waals surface area contributed by atoms with Crippen molar-refractivity contribution in [3.63, 3.8) is 0 Å². The Balaban J connectivity index is 2.04. The van der Waals surface area contributed by atoms with Crippen molar-refractivity contribution in [2.45, 2.75) is 26.4 Å². The first kappa shape index (κ1) is 19.1. The zero-order chi connectivity index (χ0) is 20.3. The molecule has 3 aromatic heterocycles. The molecule has 2 amide bonds. The molecule has 0 aliphatic heterocycles. The first-order valence-electron chi connectivity index (χ1n) is 8.41. The van der Waals surface area contributed by atoms with Gasteiger partial charge in [0.25, 0.3) is 5.95 Å². The molecular formula is C18H20N6O4. The highest BCUT2D eigenvalue weighted by molar-refractivity contribution is 5.94. The minimum atomic E-state index is -0.695. The molecule has 0 saturated carbocycles. The van der Waals surface area contributed by atoms with Crippen LogP contribution in [0.5, 0.6) is 0 Å². The van der Waals surface area contributed by atoms with Crippen molar-refractivity contribution in [3.8, 4) is 11.3 Å². The molecule has 3 rings (SSSR count). The lowest BCUT2D eigenvalue weighted by molar-refractivity contribution is 0.0636. The molecular weight excluding hydrogens is 364 g/mol. The average molecular weight is 384 g/mol.